The molecule has 2 rings (SSSR count). The van der Waals surface area contributed by atoms with E-state index in [-0.39, 0.29) is 11.3 Å². The zero-order valence-electron chi connectivity index (χ0n) is 9.57. The fourth-order valence-electron chi connectivity index (χ4n) is 1.94. The van der Waals surface area contributed by atoms with Crippen LogP contribution >= 0.6 is 0 Å². The fourth-order valence-corrected chi connectivity index (χ4v) is 1.94. The van der Waals surface area contributed by atoms with Gasteiger partial charge in [-0.1, -0.05) is 6.07 Å². The molecule has 96 valence electrons. The summed E-state index contributed by atoms with van der Waals surface area (Å²) in [5, 5.41) is 11.5. The molecule has 1 fully saturated rings. The maximum atomic E-state index is 13.2. The second kappa shape index (κ2) is 4.29. The van der Waals surface area contributed by atoms with E-state index in [4.69, 9.17) is 10.8 Å². The van der Waals surface area contributed by atoms with Gasteiger partial charge in [-0.15, -0.1) is 0 Å². The van der Waals surface area contributed by atoms with Gasteiger partial charge in [0.1, 0.15) is 11.4 Å². The third kappa shape index (κ3) is 1.90. The molecule has 1 amide bonds. The number of carboxylic acid groups (broad SMARTS) is 1. The summed E-state index contributed by atoms with van der Waals surface area (Å²) in [7, 11) is 0. The van der Waals surface area contributed by atoms with Crippen LogP contribution in [-0.4, -0.2) is 22.5 Å². The van der Waals surface area contributed by atoms with E-state index in [0.717, 1.165) is 12.5 Å². The minimum atomic E-state index is -1.23. The Bertz CT molecular complexity index is 512. The number of hydrogen-bond acceptors (Lipinski definition) is 3. The molecule has 0 aliphatic heterocycles. The van der Waals surface area contributed by atoms with Crippen molar-refractivity contribution in [2.45, 2.75) is 24.8 Å². The van der Waals surface area contributed by atoms with E-state index < -0.39 is 23.2 Å². The number of rotatable bonds is 3. The molecule has 0 spiro atoms. The van der Waals surface area contributed by atoms with E-state index in [1.165, 1.54) is 12.1 Å². The lowest BCUT2D eigenvalue weighted by Crippen LogP contribution is -2.59. The summed E-state index contributed by atoms with van der Waals surface area (Å²) in [6, 6.07) is 3.86. The largest absolute Gasteiger partial charge is 0.480 e. The number of carboxylic acids is 1. The van der Waals surface area contributed by atoms with Crippen molar-refractivity contribution in [1.82, 2.24) is 5.32 Å². The number of nitrogens with two attached hydrogens (primary N) is 1. The number of hydrogen-bond donors (Lipinski definition) is 3. The van der Waals surface area contributed by atoms with Crippen LogP contribution in [0.3, 0.4) is 0 Å². The average molecular weight is 252 g/mol. The zero-order valence-corrected chi connectivity index (χ0v) is 9.57. The van der Waals surface area contributed by atoms with Crippen molar-refractivity contribution < 1.29 is 19.1 Å². The Hall–Kier alpha value is -2.11. The number of halogens is 1. The monoisotopic (exact) mass is 252 g/mol. The highest BCUT2D eigenvalue weighted by atomic mass is 19.1. The van der Waals surface area contributed by atoms with Crippen LogP contribution in [-0.2, 0) is 4.79 Å². The van der Waals surface area contributed by atoms with Gasteiger partial charge in [0, 0.05) is 0 Å². The van der Waals surface area contributed by atoms with Crippen LogP contribution < -0.4 is 11.1 Å². The van der Waals surface area contributed by atoms with Crippen LogP contribution in [0.15, 0.2) is 18.2 Å². The Balaban J connectivity index is 2.22. The lowest BCUT2D eigenvalue weighted by molar-refractivity contribution is -0.148. The van der Waals surface area contributed by atoms with Crippen molar-refractivity contribution in [2.24, 2.45) is 0 Å². The summed E-state index contributed by atoms with van der Waals surface area (Å²) in [4.78, 5) is 23.0. The summed E-state index contributed by atoms with van der Waals surface area (Å²) in [5.41, 5.74) is 3.92. The normalized spacial score (nSPS) is 16.7. The van der Waals surface area contributed by atoms with Crippen LogP contribution in [0.2, 0.25) is 0 Å². The van der Waals surface area contributed by atoms with Gasteiger partial charge in [0.2, 0.25) is 0 Å². The number of para-hydroxylation sites is 1. The third-order valence-electron chi connectivity index (χ3n) is 3.27. The van der Waals surface area contributed by atoms with Gasteiger partial charge in [-0.2, -0.15) is 0 Å². The van der Waals surface area contributed by atoms with Gasteiger partial charge < -0.3 is 16.2 Å². The molecule has 0 bridgehead atoms. The molecular weight excluding hydrogens is 239 g/mol. The SMILES string of the molecule is Nc1c(F)cccc1C(=O)NC1(C(=O)O)CCC1. The second-order valence-electron chi connectivity index (χ2n) is 4.40. The number of aliphatic carboxylic acids is 1. The molecule has 6 heteroatoms. The van der Waals surface area contributed by atoms with Crippen LogP contribution in [0.4, 0.5) is 10.1 Å². The first-order valence-electron chi connectivity index (χ1n) is 5.56. The van der Waals surface area contributed by atoms with Crippen LogP contribution in [0, 0.1) is 5.82 Å². The van der Waals surface area contributed by atoms with E-state index in [0.29, 0.717) is 12.8 Å². The maximum absolute atomic E-state index is 13.2. The van der Waals surface area contributed by atoms with Crippen molar-refractivity contribution in [3.63, 3.8) is 0 Å². The molecule has 1 aliphatic carbocycles. The molecular formula is C12H13FN2O3. The summed E-state index contributed by atoms with van der Waals surface area (Å²) in [6.07, 6.45) is 1.50. The molecule has 0 aromatic heterocycles. The van der Waals surface area contributed by atoms with Gasteiger partial charge in [-0.25, -0.2) is 9.18 Å². The molecule has 18 heavy (non-hydrogen) atoms. The molecule has 0 saturated heterocycles. The maximum Gasteiger partial charge on any atom is 0.329 e. The van der Waals surface area contributed by atoms with Crippen molar-refractivity contribution in [3.05, 3.63) is 29.6 Å². The van der Waals surface area contributed by atoms with Crippen molar-refractivity contribution >= 4 is 17.6 Å². The topological polar surface area (TPSA) is 92.4 Å². The van der Waals surface area contributed by atoms with Crippen molar-refractivity contribution in [2.75, 3.05) is 5.73 Å². The van der Waals surface area contributed by atoms with Gasteiger partial charge in [-0.3, -0.25) is 4.79 Å². The van der Waals surface area contributed by atoms with E-state index in [2.05, 4.69) is 5.32 Å². The number of nitrogens with one attached hydrogen (secondary N) is 1. The van der Waals surface area contributed by atoms with Crippen molar-refractivity contribution in [1.29, 1.82) is 0 Å². The summed E-state index contributed by atoms with van der Waals surface area (Å²) in [6.45, 7) is 0. The molecule has 0 atom stereocenters. The van der Waals surface area contributed by atoms with E-state index in [1.807, 2.05) is 0 Å². The molecule has 1 saturated carbocycles. The van der Waals surface area contributed by atoms with Gasteiger partial charge >= 0.3 is 5.97 Å². The molecule has 1 aromatic rings. The Morgan fingerprint density at radius 1 is 1.39 bits per heavy atom. The molecule has 1 aromatic carbocycles. The van der Waals surface area contributed by atoms with E-state index in [9.17, 15) is 14.0 Å². The zero-order chi connectivity index (χ0) is 13.3. The number of carbonyl (C=O) groups excluding carboxylic acids is 1. The first-order valence-corrected chi connectivity index (χ1v) is 5.56. The predicted octanol–water partition coefficient (Wildman–Crippen LogP) is 1.14. The number of nitrogen functional groups attached to an aromatic ring is 1. The molecule has 1 aliphatic rings. The van der Waals surface area contributed by atoms with Gasteiger partial charge in [0.05, 0.1) is 11.3 Å². The summed E-state index contributed by atoms with van der Waals surface area (Å²) in [5.74, 6) is -2.42. The van der Waals surface area contributed by atoms with Gasteiger partial charge in [0.15, 0.2) is 0 Å². The number of amides is 1. The molecule has 0 radical (unpaired) electrons. The molecule has 5 nitrogen and oxygen atoms in total. The Morgan fingerprint density at radius 3 is 2.56 bits per heavy atom. The Kier molecular flexibility index (Phi) is 2.94. The third-order valence-corrected chi connectivity index (χ3v) is 3.27. The number of carbonyl (C=O) groups is 2. The minimum absolute atomic E-state index is 0.0393. The fraction of sp³-hybridized carbons (Fsp3) is 0.333. The first kappa shape index (κ1) is 12.3. The lowest BCUT2D eigenvalue weighted by Gasteiger charge is -2.38. The van der Waals surface area contributed by atoms with Gasteiger partial charge in [-0.05, 0) is 31.4 Å². The van der Waals surface area contributed by atoms with E-state index >= 15 is 0 Å². The summed E-state index contributed by atoms with van der Waals surface area (Å²) < 4.78 is 13.2. The van der Waals surface area contributed by atoms with Crippen molar-refractivity contribution in [3.8, 4) is 0 Å². The average Bonchev–Trinajstić information content (AvgIpc) is 2.26. The quantitative estimate of drug-likeness (QED) is 0.703. The number of benzene rings is 1. The highest BCUT2D eigenvalue weighted by Gasteiger charge is 2.45. The van der Waals surface area contributed by atoms with E-state index in [1.54, 1.807) is 0 Å². The number of anilines is 1. The highest BCUT2D eigenvalue weighted by molar-refractivity contribution is 6.02. The molecule has 0 unspecified atom stereocenters. The highest BCUT2D eigenvalue weighted by Crippen LogP contribution is 2.32. The Morgan fingerprint density at radius 2 is 2.06 bits per heavy atom. The minimum Gasteiger partial charge on any atom is -0.480 e. The Labute approximate surface area is 103 Å². The lowest BCUT2D eigenvalue weighted by atomic mass is 9.76. The van der Waals surface area contributed by atoms with Crippen LogP contribution in [0.1, 0.15) is 29.6 Å². The second-order valence-corrected chi connectivity index (χ2v) is 4.40. The predicted molar refractivity (Wildman–Crippen MR) is 62.5 cm³/mol. The van der Waals surface area contributed by atoms with Crippen LogP contribution in [0.25, 0.3) is 0 Å². The molecule has 0 heterocycles. The van der Waals surface area contributed by atoms with Gasteiger partial charge in [0.25, 0.3) is 5.91 Å². The van der Waals surface area contributed by atoms with Crippen LogP contribution in [0.5, 0.6) is 0 Å². The first-order chi connectivity index (χ1) is 8.46. The standard InChI is InChI=1S/C12H13FN2O3/c13-8-4-1-3-7(9(8)14)10(16)15-12(11(17)18)5-2-6-12/h1,3-4H,2,5-6,14H2,(H,15,16)(H,17,18). The summed E-state index contributed by atoms with van der Waals surface area (Å²) >= 11 is 0. The molecule has 4 N–H and O–H groups in total. The smallest absolute Gasteiger partial charge is 0.329 e.